The van der Waals surface area contributed by atoms with Crippen LogP contribution in [0.25, 0.3) is 0 Å². The van der Waals surface area contributed by atoms with E-state index in [1.807, 2.05) is 29.0 Å². The maximum atomic E-state index is 12.0. The minimum Gasteiger partial charge on any atom is -0.289 e. The first-order valence-corrected chi connectivity index (χ1v) is 7.44. The van der Waals surface area contributed by atoms with Crippen molar-refractivity contribution in [3.63, 3.8) is 0 Å². The second-order valence-electron chi connectivity index (χ2n) is 4.29. The zero-order chi connectivity index (χ0) is 15.8. The Kier molecular flexibility index (Phi) is 5.57. The normalized spacial score (nSPS) is 9.45. The quantitative estimate of drug-likeness (QED) is 0.404. The van der Waals surface area contributed by atoms with Gasteiger partial charge in [-0.3, -0.25) is 14.9 Å². The summed E-state index contributed by atoms with van der Waals surface area (Å²) in [5, 5.41) is 14.6. The lowest BCUT2D eigenvalue weighted by atomic mass is 10.0. The molecule has 0 aliphatic rings. The first-order chi connectivity index (χ1) is 10.7. The molecular formula is C17H13NO3S. The van der Waals surface area contributed by atoms with Gasteiger partial charge in [0.25, 0.3) is 5.69 Å². The largest absolute Gasteiger partial charge is 0.289 e. The Bertz CT molecular complexity index is 705. The van der Waals surface area contributed by atoms with Crippen molar-refractivity contribution in [2.45, 2.75) is 0 Å². The summed E-state index contributed by atoms with van der Waals surface area (Å²) in [6.45, 7) is 0. The number of thiophene rings is 1. The SMILES string of the molecule is O=C(c1ccccc1)c1ccc([N+](=O)[O-])cc1.c1ccsc1. The van der Waals surface area contributed by atoms with Crippen LogP contribution < -0.4 is 0 Å². The summed E-state index contributed by atoms with van der Waals surface area (Å²) in [4.78, 5) is 21.9. The molecule has 0 amide bonds. The van der Waals surface area contributed by atoms with Crippen molar-refractivity contribution >= 4 is 22.8 Å². The molecule has 0 fully saturated rings. The molecule has 3 aromatic rings. The highest BCUT2D eigenvalue weighted by Gasteiger charge is 2.10. The van der Waals surface area contributed by atoms with Crippen LogP contribution >= 0.6 is 11.3 Å². The number of rotatable bonds is 3. The van der Waals surface area contributed by atoms with E-state index < -0.39 is 4.92 Å². The lowest BCUT2D eigenvalue weighted by molar-refractivity contribution is -0.384. The van der Waals surface area contributed by atoms with Crippen LogP contribution in [0.4, 0.5) is 5.69 Å². The topological polar surface area (TPSA) is 60.2 Å². The van der Waals surface area contributed by atoms with E-state index in [9.17, 15) is 14.9 Å². The number of ketones is 1. The molecule has 0 unspecified atom stereocenters. The highest BCUT2D eigenvalue weighted by atomic mass is 32.1. The maximum Gasteiger partial charge on any atom is 0.269 e. The van der Waals surface area contributed by atoms with E-state index in [0.29, 0.717) is 11.1 Å². The molecule has 0 saturated heterocycles. The fourth-order valence-corrected chi connectivity index (χ4v) is 2.17. The molecule has 0 aliphatic heterocycles. The van der Waals surface area contributed by atoms with Crippen LogP contribution in [-0.4, -0.2) is 10.7 Å². The molecule has 4 nitrogen and oxygen atoms in total. The Morgan fingerprint density at radius 1 is 0.818 bits per heavy atom. The van der Waals surface area contributed by atoms with Gasteiger partial charge < -0.3 is 0 Å². The highest BCUT2D eigenvalue weighted by molar-refractivity contribution is 7.07. The number of non-ortho nitro benzene ring substituents is 1. The van der Waals surface area contributed by atoms with Gasteiger partial charge in [0.1, 0.15) is 0 Å². The predicted molar refractivity (Wildman–Crippen MR) is 87.3 cm³/mol. The summed E-state index contributed by atoms with van der Waals surface area (Å²) >= 11 is 1.71. The molecule has 5 heteroatoms. The molecule has 22 heavy (non-hydrogen) atoms. The number of carbonyl (C=O) groups is 1. The molecular weight excluding hydrogens is 298 g/mol. The molecule has 0 radical (unpaired) electrons. The maximum absolute atomic E-state index is 12.0. The summed E-state index contributed by atoms with van der Waals surface area (Å²) in [5.74, 6) is -0.138. The van der Waals surface area contributed by atoms with Gasteiger partial charge in [0.2, 0.25) is 0 Å². The van der Waals surface area contributed by atoms with E-state index in [-0.39, 0.29) is 11.5 Å². The molecule has 0 bridgehead atoms. The van der Waals surface area contributed by atoms with E-state index in [2.05, 4.69) is 0 Å². The summed E-state index contributed by atoms with van der Waals surface area (Å²) in [5.41, 5.74) is 0.998. The van der Waals surface area contributed by atoms with Gasteiger partial charge in [-0.25, -0.2) is 0 Å². The van der Waals surface area contributed by atoms with Gasteiger partial charge in [0, 0.05) is 23.3 Å². The van der Waals surface area contributed by atoms with Crippen molar-refractivity contribution in [2.24, 2.45) is 0 Å². The van der Waals surface area contributed by atoms with Crippen molar-refractivity contribution in [1.29, 1.82) is 0 Å². The first-order valence-electron chi connectivity index (χ1n) is 6.50. The Morgan fingerprint density at radius 3 is 1.82 bits per heavy atom. The van der Waals surface area contributed by atoms with E-state index >= 15 is 0 Å². The average Bonchev–Trinajstić information content (AvgIpc) is 3.15. The van der Waals surface area contributed by atoms with Crippen molar-refractivity contribution in [3.8, 4) is 0 Å². The van der Waals surface area contributed by atoms with Crippen LogP contribution in [-0.2, 0) is 0 Å². The molecule has 1 heterocycles. The van der Waals surface area contributed by atoms with E-state index in [1.165, 1.54) is 24.3 Å². The fourth-order valence-electron chi connectivity index (χ4n) is 1.72. The van der Waals surface area contributed by atoms with Gasteiger partial charge in [0.15, 0.2) is 5.78 Å². The van der Waals surface area contributed by atoms with Crippen molar-refractivity contribution in [3.05, 3.63) is 98.7 Å². The predicted octanol–water partition coefficient (Wildman–Crippen LogP) is 4.57. The van der Waals surface area contributed by atoms with Crippen LogP contribution in [0, 0.1) is 10.1 Å². The Balaban J connectivity index is 0.000000299. The second-order valence-corrected chi connectivity index (χ2v) is 5.11. The third-order valence-electron chi connectivity index (χ3n) is 2.80. The van der Waals surface area contributed by atoms with Gasteiger partial charge >= 0.3 is 0 Å². The number of benzene rings is 2. The number of nitro groups is 1. The Hall–Kier alpha value is -2.79. The number of hydrogen-bond donors (Lipinski definition) is 0. The number of nitro benzene ring substituents is 1. The molecule has 110 valence electrons. The van der Waals surface area contributed by atoms with Gasteiger partial charge in [-0.05, 0) is 22.9 Å². The molecule has 0 N–H and O–H groups in total. The lowest BCUT2D eigenvalue weighted by Gasteiger charge is -2.00. The number of carbonyl (C=O) groups excluding carboxylic acids is 1. The average molecular weight is 311 g/mol. The monoisotopic (exact) mass is 311 g/mol. The molecule has 2 aromatic carbocycles. The molecule has 0 atom stereocenters. The summed E-state index contributed by atoms with van der Waals surface area (Å²) in [6, 6.07) is 18.4. The first kappa shape index (κ1) is 15.6. The Morgan fingerprint density at radius 2 is 1.36 bits per heavy atom. The van der Waals surface area contributed by atoms with Crippen LogP contribution in [0.1, 0.15) is 15.9 Å². The third-order valence-corrected chi connectivity index (χ3v) is 3.43. The van der Waals surface area contributed by atoms with Crippen molar-refractivity contribution < 1.29 is 9.72 Å². The number of hydrogen-bond acceptors (Lipinski definition) is 4. The Labute approximate surface area is 131 Å². The van der Waals surface area contributed by atoms with Crippen molar-refractivity contribution in [2.75, 3.05) is 0 Å². The zero-order valence-corrected chi connectivity index (χ0v) is 12.4. The molecule has 0 saturated carbocycles. The minimum atomic E-state index is -0.489. The van der Waals surface area contributed by atoms with E-state index in [0.717, 1.165) is 0 Å². The summed E-state index contributed by atoms with van der Waals surface area (Å²) in [7, 11) is 0. The molecule has 0 spiro atoms. The second kappa shape index (κ2) is 7.85. The molecule has 0 aliphatic carbocycles. The van der Waals surface area contributed by atoms with Gasteiger partial charge in [-0.1, -0.05) is 42.5 Å². The standard InChI is InChI=1S/C13H9NO3.C4H4S/c15-13(10-4-2-1-3-5-10)11-6-8-12(9-7-11)14(16)17;1-2-4-5-3-1/h1-9H;1-4H. The van der Waals surface area contributed by atoms with Crippen LogP contribution in [0.5, 0.6) is 0 Å². The fraction of sp³-hybridized carbons (Fsp3) is 0. The van der Waals surface area contributed by atoms with Gasteiger partial charge in [-0.2, -0.15) is 11.3 Å². The zero-order valence-electron chi connectivity index (χ0n) is 11.6. The van der Waals surface area contributed by atoms with Crippen LogP contribution in [0.15, 0.2) is 77.5 Å². The van der Waals surface area contributed by atoms with E-state index in [4.69, 9.17) is 0 Å². The van der Waals surface area contributed by atoms with Crippen LogP contribution in [0.3, 0.4) is 0 Å². The molecule has 3 rings (SSSR count). The van der Waals surface area contributed by atoms with Crippen LogP contribution in [0.2, 0.25) is 0 Å². The molecule has 1 aromatic heterocycles. The number of nitrogens with zero attached hydrogens (tertiary/aromatic N) is 1. The third kappa shape index (κ3) is 4.36. The smallest absolute Gasteiger partial charge is 0.269 e. The summed E-state index contributed by atoms with van der Waals surface area (Å²) in [6.07, 6.45) is 0. The van der Waals surface area contributed by atoms with Crippen molar-refractivity contribution in [1.82, 2.24) is 0 Å². The van der Waals surface area contributed by atoms with E-state index in [1.54, 1.807) is 35.6 Å². The van der Waals surface area contributed by atoms with Gasteiger partial charge in [-0.15, -0.1) is 0 Å². The summed E-state index contributed by atoms with van der Waals surface area (Å²) < 4.78 is 0. The van der Waals surface area contributed by atoms with Gasteiger partial charge in [0.05, 0.1) is 4.92 Å². The minimum absolute atomic E-state index is 0.0189. The highest BCUT2D eigenvalue weighted by Crippen LogP contribution is 2.15. The lowest BCUT2D eigenvalue weighted by Crippen LogP contribution is -2.00.